The fraction of sp³-hybridized carbons (Fsp3) is 0.118. The molecule has 3 rings (SSSR count). The SMILES string of the molecule is C[C@@H](OC(=O)c1cc(-c2cccs2)nc2ccccc12)C(N)=O. The van der Waals surface area contributed by atoms with Gasteiger partial charge in [-0.05, 0) is 30.5 Å². The second-order valence-electron chi connectivity index (χ2n) is 5.00. The van der Waals surface area contributed by atoms with Gasteiger partial charge in [-0.2, -0.15) is 0 Å². The van der Waals surface area contributed by atoms with Gasteiger partial charge in [0.25, 0.3) is 5.91 Å². The number of benzene rings is 1. The number of para-hydroxylation sites is 1. The lowest BCUT2D eigenvalue weighted by molar-refractivity contribution is -0.125. The molecule has 116 valence electrons. The minimum absolute atomic E-state index is 0.368. The summed E-state index contributed by atoms with van der Waals surface area (Å²) in [5.74, 6) is -1.28. The summed E-state index contributed by atoms with van der Waals surface area (Å²) >= 11 is 1.54. The maximum Gasteiger partial charge on any atom is 0.339 e. The molecule has 1 aromatic carbocycles. The van der Waals surface area contributed by atoms with Gasteiger partial charge in [-0.25, -0.2) is 9.78 Å². The van der Waals surface area contributed by atoms with E-state index in [1.807, 2.05) is 35.7 Å². The monoisotopic (exact) mass is 326 g/mol. The Morgan fingerprint density at radius 2 is 2.00 bits per heavy atom. The summed E-state index contributed by atoms with van der Waals surface area (Å²) in [6, 6.07) is 12.8. The summed E-state index contributed by atoms with van der Waals surface area (Å²) in [6.45, 7) is 1.45. The topological polar surface area (TPSA) is 82.3 Å². The number of hydrogen-bond acceptors (Lipinski definition) is 5. The van der Waals surface area contributed by atoms with Crippen LogP contribution in [0.4, 0.5) is 0 Å². The van der Waals surface area contributed by atoms with Gasteiger partial charge in [0.05, 0.1) is 21.7 Å². The largest absolute Gasteiger partial charge is 0.449 e. The molecule has 0 unspecified atom stereocenters. The molecule has 0 radical (unpaired) electrons. The van der Waals surface area contributed by atoms with Crippen molar-refractivity contribution in [1.29, 1.82) is 0 Å². The molecule has 6 heteroatoms. The first-order valence-corrected chi connectivity index (χ1v) is 7.88. The van der Waals surface area contributed by atoms with Crippen molar-refractivity contribution in [1.82, 2.24) is 4.98 Å². The van der Waals surface area contributed by atoms with Crippen LogP contribution in [0.25, 0.3) is 21.5 Å². The third-order valence-corrected chi connectivity index (χ3v) is 4.29. The minimum Gasteiger partial charge on any atom is -0.449 e. The number of aromatic nitrogens is 1. The average Bonchev–Trinajstić information content (AvgIpc) is 3.08. The van der Waals surface area contributed by atoms with E-state index in [-0.39, 0.29) is 0 Å². The molecule has 2 N–H and O–H groups in total. The summed E-state index contributed by atoms with van der Waals surface area (Å²) in [6.07, 6.45) is -0.986. The van der Waals surface area contributed by atoms with Gasteiger partial charge in [-0.15, -0.1) is 11.3 Å². The van der Waals surface area contributed by atoms with Gasteiger partial charge in [0.2, 0.25) is 0 Å². The fourth-order valence-electron chi connectivity index (χ4n) is 2.18. The summed E-state index contributed by atoms with van der Waals surface area (Å²) in [5, 5.41) is 2.62. The Morgan fingerprint density at radius 3 is 2.70 bits per heavy atom. The van der Waals surface area contributed by atoms with E-state index in [9.17, 15) is 9.59 Å². The molecular weight excluding hydrogens is 312 g/mol. The molecule has 2 heterocycles. The molecule has 0 aliphatic rings. The first-order valence-electron chi connectivity index (χ1n) is 7.00. The highest BCUT2D eigenvalue weighted by Gasteiger charge is 2.20. The molecule has 1 atom stereocenters. The van der Waals surface area contributed by atoms with Crippen LogP contribution >= 0.6 is 11.3 Å². The molecule has 0 saturated heterocycles. The number of thiophene rings is 1. The molecule has 0 aliphatic carbocycles. The fourth-order valence-corrected chi connectivity index (χ4v) is 2.86. The van der Waals surface area contributed by atoms with Crippen LogP contribution in [0.1, 0.15) is 17.3 Å². The van der Waals surface area contributed by atoms with E-state index < -0.39 is 18.0 Å². The predicted molar refractivity (Wildman–Crippen MR) is 89.1 cm³/mol. The van der Waals surface area contributed by atoms with Crippen LogP contribution in [0.15, 0.2) is 47.8 Å². The maximum absolute atomic E-state index is 12.4. The van der Waals surface area contributed by atoms with E-state index in [4.69, 9.17) is 10.5 Å². The van der Waals surface area contributed by atoms with Crippen LogP contribution in [0.3, 0.4) is 0 Å². The molecule has 0 fully saturated rings. The number of nitrogens with zero attached hydrogens (tertiary/aromatic N) is 1. The number of hydrogen-bond donors (Lipinski definition) is 1. The van der Waals surface area contributed by atoms with Crippen molar-refractivity contribution in [2.45, 2.75) is 13.0 Å². The quantitative estimate of drug-likeness (QED) is 0.747. The molecule has 3 aromatic rings. The number of amides is 1. The first-order chi connectivity index (χ1) is 11.1. The number of carbonyl (C=O) groups excluding carboxylic acids is 2. The van der Waals surface area contributed by atoms with Crippen LogP contribution in [0.2, 0.25) is 0 Å². The van der Waals surface area contributed by atoms with Gasteiger partial charge in [-0.1, -0.05) is 24.3 Å². The van der Waals surface area contributed by atoms with Crippen LogP contribution in [-0.4, -0.2) is 23.0 Å². The van der Waals surface area contributed by atoms with Crippen molar-refractivity contribution in [3.8, 4) is 10.6 Å². The molecule has 0 spiro atoms. The molecule has 23 heavy (non-hydrogen) atoms. The van der Waals surface area contributed by atoms with E-state index in [0.29, 0.717) is 22.2 Å². The lowest BCUT2D eigenvalue weighted by Crippen LogP contribution is -2.30. The Morgan fingerprint density at radius 1 is 1.22 bits per heavy atom. The number of fused-ring (bicyclic) bond motifs is 1. The van der Waals surface area contributed by atoms with Crippen LogP contribution in [-0.2, 0) is 9.53 Å². The smallest absolute Gasteiger partial charge is 0.339 e. The summed E-state index contributed by atoms with van der Waals surface area (Å²) < 4.78 is 5.14. The van der Waals surface area contributed by atoms with Gasteiger partial charge in [0.15, 0.2) is 6.10 Å². The molecule has 2 aromatic heterocycles. The highest BCUT2D eigenvalue weighted by molar-refractivity contribution is 7.13. The molecule has 5 nitrogen and oxygen atoms in total. The summed E-state index contributed by atoms with van der Waals surface area (Å²) in [7, 11) is 0. The third kappa shape index (κ3) is 3.07. The molecule has 0 saturated carbocycles. The predicted octanol–water partition coefficient (Wildman–Crippen LogP) is 2.99. The number of pyridine rings is 1. The lowest BCUT2D eigenvalue weighted by atomic mass is 10.1. The van der Waals surface area contributed by atoms with Gasteiger partial charge in [0.1, 0.15) is 0 Å². The zero-order valence-electron chi connectivity index (χ0n) is 12.4. The Hall–Kier alpha value is -2.73. The van der Waals surface area contributed by atoms with Crippen LogP contribution in [0.5, 0.6) is 0 Å². The average molecular weight is 326 g/mol. The summed E-state index contributed by atoms with van der Waals surface area (Å²) in [4.78, 5) is 29.1. The molecule has 0 aliphatic heterocycles. The highest BCUT2D eigenvalue weighted by Crippen LogP contribution is 2.28. The van der Waals surface area contributed by atoms with Crippen molar-refractivity contribution in [2.24, 2.45) is 5.73 Å². The highest BCUT2D eigenvalue weighted by atomic mass is 32.1. The Kier molecular flexibility index (Phi) is 4.08. The first kappa shape index (κ1) is 15.2. The van der Waals surface area contributed by atoms with Crippen molar-refractivity contribution >= 4 is 34.1 Å². The standard InChI is InChI=1S/C17H14N2O3S/c1-10(16(18)20)22-17(21)12-9-14(15-7-4-8-23-15)19-13-6-3-2-5-11(12)13/h2-10H,1H3,(H2,18,20)/t10-/m1/s1. The zero-order valence-corrected chi connectivity index (χ0v) is 13.2. The number of ether oxygens (including phenoxy) is 1. The number of carbonyl (C=O) groups is 2. The summed E-state index contributed by atoms with van der Waals surface area (Å²) in [5.41, 5.74) is 6.91. The molecular formula is C17H14N2O3S. The van der Waals surface area contributed by atoms with Gasteiger partial charge >= 0.3 is 5.97 Å². The molecule has 0 bridgehead atoms. The number of rotatable bonds is 4. The second kappa shape index (κ2) is 6.18. The van der Waals surface area contributed by atoms with Gasteiger partial charge < -0.3 is 10.5 Å². The van der Waals surface area contributed by atoms with E-state index in [0.717, 1.165) is 4.88 Å². The Balaban J connectivity index is 2.10. The minimum atomic E-state index is -0.986. The zero-order chi connectivity index (χ0) is 16.4. The van der Waals surface area contributed by atoms with Crippen LogP contribution < -0.4 is 5.73 Å². The normalized spacial score (nSPS) is 12.0. The van der Waals surface area contributed by atoms with Crippen LogP contribution in [0, 0.1) is 0 Å². The number of nitrogens with two attached hydrogens (primary N) is 1. The van der Waals surface area contributed by atoms with Gasteiger partial charge in [0, 0.05) is 5.39 Å². The Bertz CT molecular complexity index is 875. The van der Waals surface area contributed by atoms with E-state index >= 15 is 0 Å². The Labute approximate surface area is 136 Å². The lowest BCUT2D eigenvalue weighted by Gasteiger charge is -2.12. The number of primary amides is 1. The number of esters is 1. The second-order valence-corrected chi connectivity index (χ2v) is 5.95. The van der Waals surface area contributed by atoms with Crippen molar-refractivity contribution in [3.63, 3.8) is 0 Å². The van der Waals surface area contributed by atoms with E-state index in [1.165, 1.54) is 18.3 Å². The maximum atomic E-state index is 12.4. The van der Waals surface area contributed by atoms with Crippen molar-refractivity contribution in [3.05, 3.63) is 53.4 Å². The van der Waals surface area contributed by atoms with Crippen molar-refractivity contribution in [2.75, 3.05) is 0 Å². The van der Waals surface area contributed by atoms with Gasteiger partial charge in [-0.3, -0.25) is 4.79 Å². The third-order valence-electron chi connectivity index (χ3n) is 3.39. The van der Waals surface area contributed by atoms with E-state index in [1.54, 1.807) is 12.1 Å². The van der Waals surface area contributed by atoms with Crippen molar-refractivity contribution < 1.29 is 14.3 Å². The molecule has 1 amide bonds. The van der Waals surface area contributed by atoms with E-state index in [2.05, 4.69) is 4.98 Å².